The fraction of sp³-hybridized carbons (Fsp3) is 0.353. The normalized spacial score (nSPS) is 16.4. The lowest BCUT2D eigenvalue weighted by molar-refractivity contribution is 0.147. The number of nitrogens with zero attached hydrogens (tertiary/aromatic N) is 1. The number of pyridine rings is 1. The van der Waals surface area contributed by atoms with Gasteiger partial charge in [-0.05, 0) is 37.6 Å². The van der Waals surface area contributed by atoms with Gasteiger partial charge in [-0.25, -0.2) is 0 Å². The Hall–Kier alpha value is -2.07. The first-order chi connectivity index (χ1) is 10.2. The van der Waals surface area contributed by atoms with E-state index in [-0.39, 0.29) is 6.10 Å². The molecule has 0 radical (unpaired) electrons. The summed E-state index contributed by atoms with van der Waals surface area (Å²) >= 11 is 0. The van der Waals surface area contributed by atoms with Crippen LogP contribution in [0.1, 0.15) is 22.5 Å². The van der Waals surface area contributed by atoms with Crippen LogP contribution in [0.25, 0.3) is 0 Å². The van der Waals surface area contributed by atoms with Crippen molar-refractivity contribution in [3.8, 4) is 11.5 Å². The summed E-state index contributed by atoms with van der Waals surface area (Å²) < 4.78 is 11.8. The van der Waals surface area contributed by atoms with Crippen LogP contribution in [0.5, 0.6) is 11.5 Å². The van der Waals surface area contributed by atoms with Crippen molar-refractivity contribution >= 4 is 0 Å². The topological polar surface area (TPSA) is 57.4 Å². The molecule has 0 bridgehead atoms. The number of aromatic nitrogens is 1. The van der Waals surface area contributed by atoms with Crippen LogP contribution in [-0.4, -0.2) is 17.7 Å². The van der Waals surface area contributed by atoms with Crippen LogP contribution in [0.4, 0.5) is 0 Å². The molecule has 0 amide bonds. The molecule has 4 nitrogen and oxygen atoms in total. The van der Waals surface area contributed by atoms with Crippen LogP contribution in [0.3, 0.4) is 0 Å². The number of aryl methyl sites for hydroxylation is 2. The van der Waals surface area contributed by atoms with E-state index in [2.05, 4.69) is 24.0 Å². The zero-order valence-electron chi connectivity index (χ0n) is 12.4. The van der Waals surface area contributed by atoms with Crippen LogP contribution in [-0.2, 0) is 13.0 Å². The Balaban J connectivity index is 1.65. The predicted octanol–water partition coefficient (Wildman–Crippen LogP) is 2.54. The monoisotopic (exact) mass is 284 g/mol. The number of benzene rings is 1. The molecule has 0 saturated heterocycles. The van der Waals surface area contributed by atoms with Gasteiger partial charge in [0.15, 0.2) is 0 Å². The molecule has 1 unspecified atom stereocenters. The maximum atomic E-state index is 5.90. The zero-order valence-corrected chi connectivity index (χ0v) is 12.4. The molecule has 21 heavy (non-hydrogen) atoms. The molecule has 2 heterocycles. The first-order valence-corrected chi connectivity index (χ1v) is 7.21. The summed E-state index contributed by atoms with van der Waals surface area (Å²) in [5.74, 6) is 1.72. The van der Waals surface area contributed by atoms with Gasteiger partial charge in [-0.3, -0.25) is 4.98 Å². The van der Waals surface area contributed by atoms with Gasteiger partial charge in [0.25, 0.3) is 0 Å². The maximum Gasteiger partial charge on any atom is 0.142 e. The summed E-state index contributed by atoms with van der Waals surface area (Å²) in [6.45, 7) is 4.92. The van der Waals surface area contributed by atoms with E-state index < -0.39 is 0 Å². The van der Waals surface area contributed by atoms with Crippen LogP contribution < -0.4 is 15.2 Å². The Bertz CT molecular complexity index is 655. The van der Waals surface area contributed by atoms with Crippen molar-refractivity contribution in [3.63, 3.8) is 0 Å². The molecule has 1 aromatic carbocycles. The second-order valence-electron chi connectivity index (χ2n) is 5.47. The smallest absolute Gasteiger partial charge is 0.142 e. The minimum absolute atomic E-state index is 0.0497. The van der Waals surface area contributed by atoms with Gasteiger partial charge in [0.05, 0.1) is 5.69 Å². The number of hydrogen-bond donors (Lipinski definition) is 1. The predicted molar refractivity (Wildman–Crippen MR) is 81.7 cm³/mol. The molecule has 1 aliphatic rings. The lowest BCUT2D eigenvalue weighted by atomic mass is 10.1. The van der Waals surface area contributed by atoms with Gasteiger partial charge in [0.1, 0.15) is 24.2 Å². The summed E-state index contributed by atoms with van der Waals surface area (Å²) in [5.41, 5.74) is 9.97. The summed E-state index contributed by atoms with van der Waals surface area (Å²) in [6, 6.07) is 10.1. The Kier molecular flexibility index (Phi) is 3.80. The van der Waals surface area contributed by atoms with Crippen molar-refractivity contribution in [2.75, 3.05) is 6.61 Å². The van der Waals surface area contributed by atoms with Crippen molar-refractivity contribution in [2.45, 2.75) is 32.9 Å². The number of ether oxygens (including phenoxy) is 2. The summed E-state index contributed by atoms with van der Waals surface area (Å²) in [4.78, 5) is 4.40. The molecule has 4 heteroatoms. The van der Waals surface area contributed by atoms with Gasteiger partial charge in [-0.2, -0.15) is 0 Å². The molecule has 3 rings (SSSR count). The Morgan fingerprint density at radius 3 is 2.95 bits per heavy atom. The van der Waals surface area contributed by atoms with E-state index >= 15 is 0 Å². The fourth-order valence-electron chi connectivity index (χ4n) is 2.60. The summed E-state index contributed by atoms with van der Waals surface area (Å²) in [7, 11) is 0. The minimum Gasteiger partial charge on any atom is -0.488 e. The van der Waals surface area contributed by atoms with Crippen molar-refractivity contribution < 1.29 is 9.47 Å². The SMILES string of the molecule is Cc1ccc2c(c1)CC(COc1ccc(C)nc1CN)O2. The van der Waals surface area contributed by atoms with E-state index in [1.807, 2.05) is 25.1 Å². The molecular weight excluding hydrogens is 264 g/mol. The van der Waals surface area contributed by atoms with Gasteiger partial charge in [0, 0.05) is 18.7 Å². The molecule has 110 valence electrons. The fourth-order valence-corrected chi connectivity index (χ4v) is 2.60. The highest BCUT2D eigenvalue weighted by Gasteiger charge is 2.23. The highest BCUT2D eigenvalue weighted by molar-refractivity contribution is 5.40. The third kappa shape index (κ3) is 3.00. The highest BCUT2D eigenvalue weighted by atomic mass is 16.5. The van der Waals surface area contributed by atoms with Crippen molar-refractivity contribution in [1.82, 2.24) is 4.98 Å². The molecule has 1 atom stereocenters. The van der Waals surface area contributed by atoms with E-state index in [0.717, 1.165) is 29.3 Å². The second-order valence-corrected chi connectivity index (χ2v) is 5.47. The number of rotatable bonds is 4. The van der Waals surface area contributed by atoms with E-state index in [1.54, 1.807) is 0 Å². The minimum atomic E-state index is 0.0497. The molecule has 1 aliphatic heterocycles. The van der Waals surface area contributed by atoms with Crippen molar-refractivity contribution in [1.29, 1.82) is 0 Å². The van der Waals surface area contributed by atoms with E-state index in [9.17, 15) is 0 Å². The summed E-state index contributed by atoms with van der Waals surface area (Å²) in [5, 5.41) is 0. The average Bonchev–Trinajstić information content (AvgIpc) is 2.87. The molecule has 0 fully saturated rings. The van der Waals surface area contributed by atoms with Crippen LogP contribution >= 0.6 is 0 Å². The van der Waals surface area contributed by atoms with Gasteiger partial charge >= 0.3 is 0 Å². The van der Waals surface area contributed by atoms with Crippen LogP contribution in [0, 0.1) is 13.8 Å². The molecule has 2 aromatic rings. The number of fused-ring (bicyclic) bond motifs is 1. The Labute approximate surface area is 124 Å². The van der Waals surface area contributed by atoms with Gasteiger partial charge in [-0.15, -0.1) is 0 Å². The van der Waals surface area contributed by atoms with Crippen molar-refractivity contribution in [2.24, 2.45) is 5.73 Å². The lowest BCUT2D eigenvalue weighted by Crippen LogP contribution is -2.23. The molecule has 2 N–H and O–H groups in total. The third-order valence-corrected chi connectivity index (χ3v) is 3.65. The van der Waals surface area contributed by atoms with Crippen molar-refractivity contribution in [3.05, 3.63) is 52.8 Å². The third-order valence-electron chi connectivity index (χ3n) is 3.65. The lowest BCUT2D eigenvalue weighted by Gasteiger charge is -2.14. The van der Waals surface area contributed by atoms with Gasteiger partial charge in [-0.1, -0.05) is 17.7 Å². The van der Waals surface area contributed by atoms with E-state index in [0.29, 0.717) is 13.2 Å². The van der Waals surface area contributed by atoms with Crippen LogP contribution in [0.15, 0.2) is 30.3 Å². The van der Waals surface area contributed by atoms with Crippen LogP contribution in [0.2, 0.25) is 0 Å². The molecule has 0 spiro atoms. The number of hydrogen-bond acceptors (Lipinski definition) is 4. The van der Waals surface area contributed by atoms with Gasteiger partial charge < -0.3 is 15.2 Å². The largest absolute Gasteiger partial charge is 0.488 e. The highest BCUT2D eigenvalue weighted by Crippen LogP contribution is 2.30. The van der Waals surface area contributed by atoms with E-state index in [1.165, 1.54) is 11.1 Å². The first-order valence-electron chi connectivity index (χ1n) is 7.21. The zero-order chi connectivity index (χ0) is 14.8. The summed E-state index contributed by atoms with van der Waals surface area (Å²) in [6.07, 6.45) is 0.933. The Morgan fingerprint density at radius 2 is 2.14 bits per heavy atom. The Morgan fingerprint density at radius 1 is 1.29 bits per heavy atom. The maximum absolute atomic E-state index is 5.90. The molecule has 0 saturated carbocycles. The van der Waals surface area contributed by atoms with Gasteiger partial charge in [0.2, 0.25) is 0 Å². The second kappa shape index (κ2) is 5.74. The van der Waals surface area contributed by atoms with E-state index in [4.69, 9.17) is 15.2 Å². The molecule has 1 aromatic heterocycles. The molecular formula is C17H20N2O2. The molecule has 0 aliphatic carbocycles. The number of nitrogens with two attached hydrogens (primary N) is 1. The first kappa shape index (κ1) is 13.9. The average molecular weight is 284 g/mol. The standard InChI is InChI=1S/C17H20N2O2/c1-11-3-5-16-13(7-11)8-14(21-16)10-20-17-6-4-12(2)19-15(17)9-18/h3-7,14H,8-10,18H2,1-2H3. The quantitative estimate of drug-likeness (QED) is 0.937.